The lowest BCUT2D eigenvalue weighted by atomic mass is 10.1. The van der Waals surface area contributed by atoms with E-state index < -0.39 is 17.6 Å². The molecule has 0 heterocycles. The topological polar surface area (TPSA) is 84.9 Å². The number of rotatable bonds is 4. The Morgan fingerprint density at radius 1 is 1.17 bits per heavy atom. The van der Waals surface area contributed by atoms with Crippen LogP contribution in [-0.4, -0.2) is 29.8 Å². The number of carboxylic acid groups (broad SMARTS) is 1. The van der Waals surface area contributed by atoms with Gasteiger partial charge in [-0.1, -0.05) is 0 Å². The minimum absolute atomic E-state index is 0.300. The summed E-state index contributed by atoms with van der Waals surface area (Å²) in [6, 6.07) is 6.36. The molecule has 1 aromatic carbocycles. The number of methoxy groups -OCH3 is 1. The lowest BCUT2D eigenvalue weighted by molar-refractivity contribution is -0.143. The standard InChI is InChI=1S/C12H15NO5/c1-12(2,10(14)15)13-11(16)18-9-6-4-8(17-3)5-7-9/h4-7H,1-3H3,(H,13,16)(H,14,15). The Labute approximate surface area is 105 Å². The predicted molar refractivity (Wildman–Crippen MR) is 63.9 cm³/mol. The number of amides is 1. The molecule has 1 aromatic rings. The predicted octanol–water partition coefficient (Wildman–Crippen LogP) is 1.65. The van der Waals surface area contributed by atoms with Crippen molar-refractivity contribution >= 4 is 12.1 Å². The molecule has 1 amide bonds. The molecule has 0 aromatic heterocycles. The van der Waals surface area contributed by atoms with E-state index in [-0.39, 0.29) is 0 Å². The highest BCUT2D eigenvalue weighted by atomic mass is 16.6. The fourth-order valence-electron chi connectivity index (χ4n) is 1.08. The summed E-state index contributed by atoms with van der Waals surface area (Å²) in [5, 5.41) is 11.1. The number of carboxylic acids is 1. The molecule has 18 heavy (non-hydrogen) atoms. The molecule has 0 unspecified atom stereocenters. The molecule has 0 fully saturated rings. The Hall–Kier alpha value is -2.24. The molecule has 0 spiro atoms. The average molecular weight is 253 g/mol. The van der Waals surface area contributed by atoms with Crippen LogP contribution in [0.5, 0.6) is 11.5 Å². The van der Waals surface area contributed by atoms with Crippen LogP contribution in [0.25, 0.3) is 0 Å². The summed E-state index contributed by atoms with van der Waals surface area (Å²) in [4.78, 5) is 22.3. The quantitative estimate of drug-likeness (QED) is 0.852. The van der Waals surface area contributed by atoms with Crippen molar-refractivity contribution in [2.45, 2.75) is 19.4 Å². The van der Waals surface area contributed by atoms with Gasteiger partial charge in [-0.25, -0.2) is 9.59 Å². The van der Waals surface area contributed by atoms with E-state index in [0.29, 0.717) is 11.5 Å². The number of hydrogen-bond acceptors (Lipinski definition) is 4. The van der Waals surface area contributed by atoms with Gasteiger partial charge in [0.25, 0.3) is 0 Å². The Bertz CT molecular complexity index is 438. The third kappa shape index (κ3) is 3.65. The minimum atomic E-state index is -1.39. The minimum Gasteiger partial charge on any atom is -0.497 e. The van der Waals surface area contributed by atoms with Crippen LogP contribution in [0.15, 0.2) is 24.3 Å². The van der Waals surface area contributed by atoms with E-state index in [1.807, 2.05) is 0 Å². The van der Waals surface area contributed by atoms with Gasteiger partial charge >= 0.3 is 12.1 Å². The van der Waals surface area contributed by atoms with Gasteiger partial charge in [-0.3, -0.25) is 0 Å². The SMILES string of the molecule is COc1ccc(OC(=O)NC(C)(C)C(=O)O)cc1. The zero-order chi connectivity index (χ0) is 13.8. The second kappa shape index (κ2) is 5.39. The van der Waals surface area contributed by atoms with E-state index >= 15 is 0 Å². The summed E-state index contributed by atoms with van der Waals surface area (Å²) in [5.41, 5.74) is -1.39. The third-order valence-electron chi connectivity index (χ3n) is 2.22. The third-order valence-corrected chi connectivity index (χ3v) is 2.22. The first-order chi connectivity index (χ1) is 8.35. The maximum Gasteiger partial charge on any atom is 0.413 e. The monoisotopic (exact) mass is 253 g/mol. The number of ether oxygens (including phenoxy) is 2. The molecule has 6 heteroatoms. The van der Waals surface area contributed by atoms with Crippen LogP contribution >= 0.6 is 0 Å². The van der Waals surface area contributed by atoms with Crippen molar-refractivity contribution in [2.24, 2.45) is 0 Å². The number of hydrogen-bond donors (Lipinski definition) is 2. The summed E-state index contributed by atoms with van der Waals surface area (Å²) < 4.78 is 9.88. The molecular formula is C12H15NO5. The van der Waals surface area contributed by atoms with Crippen LogP contribution in [0.2, 0.25) is 0 Å². The Morgan fingerprint density at radius 3 is 2.11 bits per heavy atom. The van der Waals surface area contributed by atoms with Crippen molar-refractivity contribution in [3.8, 4) is 11.5 Å². The molecule has 0 bridgehead atoms. The number of benzene rings is 1. The van der Waals surface area contributed by atoms with E-state index in [9.17, 15) is 9.59 Å². The van der Waals surface area contributed by atoms with Crippen molar-refractivity contribution in [1.29, 1.82) is 0 Å². The molecule has 0 aliphatic heterocycles. The van der Waals surface area contributed by atoms with Crippen molar-refractivity contribution < 1.29 is 24.2 Å². The molecule has 2 N–H and O–H groups in total. The fourth-order valence-corrected chi connectivity index (χ4v) is 1.08. The lowest BCUT2D eigenvalue weighted by Gasteiger charge is -2.20. The van der Waals surface area contributed by atoms with Crippen LogP contribution in [0.1, 0.15) is 13.8 Å². The largest absolute Gasteiger partial charge is 0.497 e. The number of nitrogens with one attached hydrogen (secondary N) is 1. The maximum absolute atomic E-state index is 11.5. The zero-order valence-electron chi connectivity index (χ0n) is 10.4. The molecular weight excluding hydrogens is 238 g/mol. The van der Waals surface area contributed by atoms with Gasteiger partial charge in [0.2, 0.25) is 0 Å². The normalized spacial score (nSPS) is 10.6. The number of carbonyl (C=O) groups excluding carboxylic acids is 1. The summed E-state index contributed by atoms with van der Waals surface area (Å²) in [5.74, 6) is -0.211. The average Bonchev–Trinajstić information content (AvgIpc) is 2.29. The Kier molecular flexibility index (Phi) is 4.14. The van der Waals surface area contributed by atoms with E-state index in [2.05, 4.69) is 5.32 Å². The van der Waals surface area contributed by atoms with E-state index in [0.717, 1.165) is 0 Å². The highest BCUT2D eigenvalue weighted by molar-refractivity contribution is 5.84. The second-order valence-electron chi connectivity index (χ2n) is 4.12. The molecule has 6 nitrogen and oxygen atoms in total. The summed E-state index contributed by atoms with van der Waals surface area (Å²) in [6.07, 6.45) is -0.826. The summed E-state index contributed by atoms with van der Waals surface area (Å²) in [7, 11) is 1.53. The van der Waals surface area contributed by atoms with Gasteiger partial charge in [0.1, 0.15) is 17.0 Å². The van der Waals surface area contributed by atoms with Crippen LogP contribution < -0.4 is 14.8 Å². The van der Waals surface area contributed by atoms with Crippen LogP contribution in [0.4, 0.5) is 4.79 Å². The first-order valence-corrected chi connectivity index (χ1v) is 5.22. The fraction of sp³-hybridized carbons (Fsp3) is 0.333. The van der Waals surface area contributed by atoms with Gasteiger partial charge in [0, 0.05) is 0 Å². The van der Waals surface area contributed by atoms with Gasteiger partial charge in [0.15, 0.2) is 0 Å². The molecule has 0 atom stereocenters. The van der Waals surface area contributed by atoms with E-state index in [4.69, 9.17) is 14.6 Å². The smallest absolute Gasteiger partial charge is 0.413 e. The van der Waals surface area contributed by atoms with Crippen LogP contribution in [0, 0.1) is 0 Å². The first kappa shape index (κ1) is 13.8. The molecule has 0 aliphatic rings. The molecule has 0 aliphatic carbocycles. The van der Waals surface area contributed by atoms with Crippen LogP contribution in [0.3, 0.4) is 0 Å². The Balaban J connectivity index is 2.62. The molecule has 0 saturated heterocycles. The van der Waals surface area contributed by atoms with E-state index in [1.54, 1.807) is 24.3 Å². The number of carbonyl (C=O) groups is 2. The summed E-state index contributed by atoms with van der Waals surface area (Å²) >= 11 is 0. The molecule has 1 rings (SSSR count). The van der Waals surface area contributed by atoms with Crippen molar-refractivity contribution in [3.05, 3.63) is 24.3 Å². The van der Waals surface area contributed by atoms with Gasteiger partial charge in [-0.15, -0.1) is 0 Å². The zero-order valence-corrected chi connectivity index (χ0v) is 10.4. The second-order valence-corrected chi connectivity index (χ2v) is 4.12. The Morgan fingerprint density at radius 2 is 1.67 bits per heavy atom. The lowest BCUT2D eigenvalue weighted by Crippen LogP contribution is -2.50. The highest BCUT2D eigenvalue weighted by Gasteiger charge is 2.29. The van der Waals surface area contributed by atoms with Gasteiger partial charge in [0.05, 0.1) is 7.11 Å². The van der Waals surface area contributed by atoms with Crippen molar-refractivity contribution in [3.63, 3.8) is 0 Å². The molecule has 98 valence electrons. The van der Waals surface area contributed by atoms with Gasteiger partial charge in [-0.2, -0.15) is 0 Å². The summed E-state index contributed by atoms with van der Waals surface area (Å²) in [6.45, 7) is 2.73. The highest BCUT2D eigenvalue weighted by Crippen LogP contribution is 2.17. The van der Waals surface area contributed by atoms with Gasteiger partial charge < -0.3 is 19.9 Å². The molecule has 0 saturated carbocycles. The maximum atomic E-state index is 11.5. The number of aliphatic carboxylic acids is 1. The van der Waals surface area contributed by atoms with Crippen molar-refractivity contribution in [2.75, 3.05) is 7.11 Å². The van der Waals surface area contributed by atoms with Crippen LogP contribution in [-0.2, 0) is 4.79 Å². The van der Waals surface area contributed by atoms with E-state index in [1.165, 1.54) is 21.0 Å². The molecule has 0 radical (unpaired) electrons. The van der Waals surface area contributed by atoms with Crippen molar-refractivity contribution in [1.82, 2.24) is 5.32 Å². The van der Waals surface area contributed by atoms with Gasteiger partial charge in [-0.05, 0) is 38.1 Å². The first-order valence-electron chi connectivity index (χ1n) is 5.22.